The number of nitrogens with zero attached hydrogens (tertiary/aromatic N) is 1. The minimum Gasteiger partial charge on any atom is -0.354 e. The SMILES string of the molecule is CC(C)CNC(=O)Cn1ccc2c1CCCC2N. The van der Waals surface area contributed by atoms with E-state index in [-0.39, 0.29) is 11.9 Å². The van der Waals surface area contributed by atoms with Crippen LogP contribution in [0.1, 0.15) is 44.0 Å². The molecule has 1 amide bonds. The van der Waals surface area contributed by atoms with Crippen molar-refractivity contribution in [1.82, 2.24) is 9.88 Å². The fraction of sp³-hybridized carbons (Fsp3) is 0.643. The molecule has 0 saturated heterocycles. The third-order valence-electron chi connectivity index (χ3n) is 3.46. The highest BCUT2D eigenvalue weighted by atomic mass is 16.1. The van der Waals surface area contributed by atoms with Crippen LogP contribution in [0, 0.1) is 5.92 Å². The number of amides is 1. The molecule has 1 heterocycles. The first kappa shape index (κ1) is 13.1. The van der Waals surface area contributed by atoms with Crippen molar-refractivity contribution in [2.24, 2.45) is 11.7 Å². The zero-order valence-corrected chi connectivity index (χ0v) is 11.3. The standard InChI is InChI=1S/C14H23N3O/c1-10(2)8-16-14(18)9-17-7-6-11-12(15)4-3-5-13(11)17/h6-7,10,12H,3-5,8-9,15H2,1-2H3,(H,16,18). The number of carbonyl (C=O) groups is 1. The summed E-state index contributed by atoms with van der Waals surface area (Å²) in [7, 11) is 0. The Morgan fingerprint density at radius 3 is 3.11 bits per heavy atom. The smallest absolute Gasteiger partial charge is 0.239 e. The predicted octanol–water partition coefficient (Wildman–Crippen LogP) is 1.60. The van der Waals surface area contributed by atoms with E-state index in [1.807, 2.05) is 10.8 Å². The Kier molecular flexibility index (Phi) is 4.07. The summed E-state index contributed by atoms with van der Waals surface area (Å²) in [5.74, 6) is 0.571. The summed E-state index contributed by atoms with van der Waals surface area (Å²) < 4.78 is 2.05. The molecule has 2 rings (SSSR count). The first-order valence-electron chi connectivity index (χ1n) is 6.78. The Morgan fingerprint density at radius 2 is 2.39 bits per heavy atom. The maximum Gasteiger partial charge on any atom is 0.239 e. The summed E-state index contributed by atoms with van der Waals surface area (Å²) in [6.45, 7) is 5.34. The largest absolute Gasteiger partial charge is 0.354 e. The van der Waals surface area contributed by atoms with E-state index < -0.39 is 0 Å². The number of aromatic nitrogens is 1. The lowest BCUT2D eigenvalue weighted by molar-refractivity contribution is -0.121. The second kappa shape index (κ2) is 5.57. The molecule has 1 aliphatic carbocycles. The number of hydrogen-bond donors (Lipinski definition) is 2. The molecule has 0 aromatic carbocycles. The van der Waals surface area contributed by atoms with Crippen LogP contribution in [0.5, 0.6) is 0 Å². The van der Waals surface area contributed by atoms with E-state index in [4.69, 9.17) is 5.73 Å². The summed E-state index contributed by atoms with van der Waals surface area (Å²) >= 11 is 0. The average molecular weight is 249 g/mol. The fourth-order valence-corrected chi connectivity index (χ4v) is 2.47. The molecule has 0 bridgehead atoms. The maximum atomic E-state index is 11.8. The van der Waals surface area contributed by atoms with E-state index in [1.54, 1.807) is 0 Å². The molecule has 1 aromatic rings. The minimum atomic E-state index is 0.0845. The number of rotatable bonds is 4. The van der Waals surface area contributed by atoms with Crippen LogP contribution in [0.2, 0.25) is 0 Å². The number of nitrogens with one attached hydrogen (secondary N) is 1. The van der Waals surface area contributed by atoms with E-state index in [1.165, 1.54) is 11.3 Å². The number of fused-ring (bicyclic) bond motifs is 1. The molecule has 0 fully saturated rings. The molecule has 0 radical (unpaired) electrons. The van der Waals surface area contributed by atoms with E-state index in [0.29, 0.717) is 12.5 Å². The van der Waals surface area contributed by atoms with Crippen LogP contribution in [0.4, 0.5) is 0 Å². The van der Waals surface area contributed by atoms with Crippen LogP contribution in [0.25, 0.3) is 0 Å². The molecule has 0 spiro atoms. The maximum absolute atomic E-state index is 11.8. The van der Waals surface area contributed by atoms with Gasteiger partial charge >= 0.3 is 0 Å². The Bertz CT molecular complexity index is 423. The Hall–Kier alpha value is -1.29. The highest BCUT2D eigenvalue weighted by Gasteiger charge is 2.20. The van der Waals surface area contributed by atoms with Crippen molar-refractivity contribution in [3.8, 4) is 0 Å². The lowest BCUT2D eigenvalue weighted by Crippen LogP contribution is -2.31. The van der Waals surface area contributed by atoms with Crippen molar-refractivity contribution in [1.29, 1.82) is 0 Å². The van der Waals surface area contributed by atoms with Gasteiger partial charge in [0, 0.05) is 24.5 Å². The summed E-state index contributed by atoms with van der Waals surface area (Å²) in [4.78, 5) is 11.8. The average Bonchev–Trinajstić information content (AvgIpc) is 2.72. The Labute approximate surface area is 109 Å². The number of nitrogens with two attached hydrogens (primary N) is 1. The fourth-order valence-electron chi connectivity index (χ4n) is 2.47. The van der Waals surface area contributed by atoms with Crippen molar-refractivity contribution < 1.29 is 4.79 Å². The van der Waals surface area contributed by atoms with E-state index >= 15 is 0 Å². The predicted molar refractivity (Wildman–Crippen MR) is 72.1 cm³/mol. The molecule has 1 aliphatic rings. The van der Waals surface area contributed by atoms with Gasteiger partial charge in [0.05, 0.1) is 0 Å². The molecular weight excluding hydrogens is 226 g/mol. The van der Waals surface area contributed by atoms with Crippen molar-refractivity contribution >= 4 is 5.91 Å². The lowest BCUT2D eigenvalue weighted by atomic mass is 9.94. The topological polar surface area (TPSA) is 60.0 Å². The molecule has 0 saturated carbocycles. The van der Waals surface area contributed by atoms with Crippen molar-refractivity contribution in [3.05, 3.63) is 23.5 Å². The quantitative estimate of drug-likeness (QED) is 0.851. The lowest BCUT2D eigenvalue weighted by Gasteiger charge is -2.20. The first-order chi connectivity index (χ1) is 8.58. The highest BCUT2D eigenvalue weighted by Crippen LogP contribution is 2.28. The van der Waals surface area contributed by atoms with E-state index in [9.17, 15) is 4.79 Å². The summed E-state index contributed by atoms with van der Waals surface area (Å²) in [6.07, 6.45) is 5.20. The van der Waals surface area contributed by atoms with Crippen LogP contribution in [0.3, 0.4) is 0 Å². The van der Waals surface area contributed by atoms with E-state index in [0.717, 1.165) is 25.8 Å². The van der Waals surface area contributed by atoms with E-state index in [2.05, 4.69) is 25.2 Å². The molecule has 1 unspecified atom stereocenters. The van der Waals surface area contributed by atoms with Crippen molar-refractivity contribution in [3.63, 3.8) is 0 Å². The van der Waals surface area contributed by atoms with Gasteiger partial charge < -0.3 is 15.6 Å². The molecule has 3 N–H and O–H groups in total. The zero-order valence-electron chi connectivity index (χ0n) is 11.3. The van der Waals surface area contributed by atoms with Gasteiger partial charge in [-0.1, -0.05) is 13.8 Å². The summed E-state index contributed by atoms with van der Waals surface area (Å²) in [5.41, 5.74) is 8.54. The van der Waals surface area contributed by atoms with Crippen LogP contribution in [0.15, 0.2) is 12.3 Å². The molecule has 100 valence electrons. The third kappa shape index (κ3) is 2.93. The van der Waals surface area contributed by atoms with Gasteiger partial charge in [0.1, 0.15) is 6.54 Å². The van der Waals surface area contributed by atoms with Gasteiger partial charge in [-0.15, -0.1) is 0 Å². The molecule has 0 aliphatic heterocycles. The monoisotopic (exact) mass is 249 g/mol. The van der Waals surface area contributed by atoms with Crippen LogP contribution in [-0.4, -0.2) is 17.0 Å². The van der Waals surface area contributed by atoms with Gasteiger partial charge in [0.25, 0.3) is 0 Å². The van der Waals surface area contributed by atoms with Gasteiger partial charge in [0.15, 0.2) is 0 Å². The second-order valence-corrected chi connectivity index (χ2v) is 5.54. The van der Waals surface area contributed by atoms with Gasteiger partial charge in [-0.2, -0.15) is 0 Å². The third-order valence-corrected chi connectivity index (χ3v) is 3.46. The Morgan fingerprint density at radius 1 is 1.61 bits per heavy atom. The highest BCUT2D eigenvalue weighted by molar-refractivity contribution is 5.75. The van der Waals surface area contributed by atoms with Gasteiger partial charge in [-0.25, -0.2) is 0 Å². The summed E-state index contributed by atoms with van der Waals surface area (Å²) in [5, 5.41) is 2.95. The summed E-state index contributed by atoms with van der Waals surface area (Å²) in [6, 6.07) is 2.21. The Balaban J connectivity index is 2.00. The number of carbonyl (C=O) groups excluding carboxylic acids is 1. The normalized spacial score (nSPS) is 18.8. The first-order valence-corrected chi connectivity index (χ1v) is 6.78. The second-order valence-electron chi connectivity index (χ2n) is 5.54. The molecule has 4 heteroatoms. The number of hydrogen-bond acceptors (Lipinski definition) is 2. The molecule has 1 aromatic heterocycles. The van der Waals surface area contributed by atoms with Crippen molar-refractivity contribution in [2.45, 2.75) is 45.7 Å². The van der Waals surface area contributed by atoms with Crippen LogP contribution < -0.4 is 11.1 Å². The van der Waals surface area contributed by atoms with Gasteiger partial charge in [0.2, 0.25) is 5.91 Å². The molecule has 1 atom stereocenters. The minimum absolute atomic E-state index is 0.0845. The van der Waals surface area contributed by atoms with Crippen LogP contribution >= 0.6 is 0 Å². The van der Waals surface area contributed by atoms with Gasteiger partial charge in [-0.3, -0.25) is 4.79 Å². The van der Waals surface area contributed by atoms with Crippen LogP contribution in [-0.2, 0) is 17.8 Å². The molecular formula is C14H23N3O. The van der Waals surface area contributed by atoms with Gasteiger partial charge in [-0.05, 0) is 36.8 Å². The zero-order chi connectivity index (χ0) is 13.1. The molecule has 18 heavy (non-hydrogen) atoms. The molecule has 4 nitrogen and oxygen atoms in total. The van der Waals surface area contributed by atoms with Crippen molar-refractivity contribution in [2.75, 3.05) is 6.54 Å².